The number of rotatable bonds is 6. The number of nitrogens with one attached hydrogen (secondary N) is 2. The van der Waals surface area contributed by atoms with Crippen LogP contribution in [0.5, 0.6) is 11.5 Å². The van der Waals surface area contributed by atoms with Crippen molar-refractivity contribution in [2.75, 3.05) is 7.11 Å². The summed E-state index contributed by atoms with van der Waals surface area (Å²) in [4.78, 5) is 17.3. The van der Waals surface area contributed by atoms with Crippen LogP contribution in [0.1, 0.15) is 32.1 Å². The average Bonchev–Trinajstić information content (AvgIpc) is 3.61. The van der Waals surface area contributed by atoms with Gasteiger partial charge in [0.2, 0.25) is 0 Å². The summed E-state index contributed by atoms with van der Waals surface area (Å²) in [6, 6.07) is 14.4. The maximum atomic E-state index is 14.3. The molecule has 5 aromatic heterocycles. The molecule has 0 saturated heterocycles. The number of halogens is 1. The van der Waals surface area contributed by atoms with E-state index in [9.17, 15) is 4.39 Å². The Bertz CT molecular complexity index is 1840. The number of nitrogens with zero attached hydrogens (tertiary/aromatic N) is 4. The van der Waals surface area contributed by atoms with Gasteiger partial charge >= 0.3 is 0 Å². The van der Waals surface area contributed by atoms with Crippen molar-refractivity contribution in [1.29, 1.82) is 0 Å². The molecule has 0 aliphatic heterocycles. The van der Waals surface area contributed by atoms with Gasteiger partial charge in [0.25, 0.3) is 0 Å². The molecular weight excluding hydrogens is 507 g/mol. The lowest BCUT2D eigenvalue weighted by molar-refractivity contribution is 0.154. The third-order valence-electron chi connectivity index (χ3n) is 7.48. The molecule has 0 unspecified atom stereocenters. The van der Waals surface area contributed by atoms with Crippen LogP contribution in [0.3, 0.4) is 0 Å². The number of H-pyrrole nitrogens is 2. The minimum atomic E-state index is -0.368. The summed E-state index contributed by atoms with van der Waals surface area (Å²) >= 11 is 0. The zero-order valence-electron chi connectivity index (χ0n) is 21.9. The van der Waals surface area contributed by atoms with Gasteiger partial charge in [-0.1, -0.05) is 6.42 Å². The van der Waals surface area contributed by atoms with Crippen LogP contribution in [0, 0.1) is 5.82 Å². The number of hydrogen-bond acceptors (Lipinski definition) is 6. The van der Waals surface area contributed by atoms with Crippen molar-refractivity contribution in [3.63, 3.8) is 0 Å². The van der Waals surface area contributed by atoms with E-state index in [0.29, 0.717) is 22.7 Å². The van der Waals surface area contributed by atoms with Crippen molar-refractivity contribution < 1.29 is 13.9 Å². The quantitative estimate of drug-likeness (QED) is 0.237. The van der Waals surface area contributed by atoms with E-state index in [0.717, 1.165) is 57.5 Å². The molecule has 0 atom stereocenters. The smallest absolute Gasteiger partial charge is 0.138 e. The zero-order chi connectivity index (χ0) is 27.1. The average molecular weight is 535 g/mol. The van der Waals surface area contributed by atoms with E-state index < -0.39 is 0 Å². The summed E-state index contributed by atoms with van der Waals surface area (Å²) in [6.45, 7) is 0. The molecule has 1 aliphatic carbocycles. The first-order valence-electron chi connectivity index (χ1n) is 13.4. The molecule has 8 nitrogen and oxygen atoms in total. The van der Waals surface area contributed by atoms with Gasteiger partial charge in [0.15, 0.2) is 0 Å². The van der Waals surface area contributed by atoms with Crippen LogP contribution in [0.15, 0.2) is 67.1 Å². The number of ether oxygens (including phenoxy) is 2. The summed E-state index contributed by atoms with van der Waals surface area (Å²) in [5.74, 6) is 0.850. The number of methoxy groups -OCH3 is 1. The van der Waals surface area contributed by atoms with E-state index in [1.54, 1.807) is 18.6 Å². The normalized spacial score (nSPS) is 14.2. The van der Waals surface area contributed by atoms with E-state index in [4.69, 9.17) is 14.5 Å². The summed E-state index contributed by atoms with van der Waals surface area (Å²) in [5.41, 5.74) is 6.80. The minimum Gasteiger partial charge on any atom is -0.497 e. The van der Waals surface area contributed by atoms with E-state index >= 15 is 0 Å². The van der Waals surface area contributed by atoms with Crippen LogP contribution in [0.4, 0.5) is 4.39 Å². The summed E-state index contributed by atoms with van der Waals surface area (Å²) in [7, 11) is 1.52. The fourth-order valence-electron chi connectivity index (χ4n) is 5.49. The monoisotopic (exact) mass is 534 g/mol. The van der Waals surface area contributed by atoms with Crippen LogP contribution in [-0.4, -0.2) is 43.3 Å². The topological polar surface area (TPSA) is 102 Å². The van der Waals surface area contributed by atoms with Gasteiger partial charge in [0.05, 0.1) is 36.3 Å². The van der Waals surface area contributed by atoms with Gasteiger partial charge in [0.1, 0.15) is 34.2 Å². The van der Waals surface area contributed by atoms with Gasteiger partial charge in [-0.25, -0.2) is 14.4 Å². The Hall–Kier alpha value is -4.79. The maximum Gasteiger partial charge on any atom is 0.138 e. The summed E-state index contributed by atoms with van der Waals surface area (Å²) < 4.78 is 25.8. The number of fused-ring (bicyclic) bond motifs is 2. The number of hydrogen-bond donors (Lipinski definition) is 2. The van der Waals surface area contributed by atoms with Gasteiger partial charge < -0.3 is 14.5 Å². The molecular formula is C31H27FN6O2. The number of pyridine rings is 3. The van der Waals surface area contributed by atoms with Gasteiger partial charge in [-0.15, -0.1) is 0 Å². The van der Waals surface area contributed by atoms with Gasteiger partial charge in [-0.2, -0.15) is 5.10 Å². The molecule has 2 N–H and O–H groups in total. The maximum absolute atomic E-state index is 14.3. The molecule has 40 heavy (non-hydrogen) atoms. The lowest BCUT2D eigenvalue weighted by atomic mass is 9.98. The number of aromatic amines is 2. The Kier molecular flexibility index (Phi) is 6.11. The number of aromatic nitrogens is 6. The molecule has 1 aromatic carbocycles. The minimum absolute atomic E-state index is 0.246. The first-order valence-corrected chi connectivity index (χ1v) is 13.4. The molecule has 0 bridgehead atoms. The first kappa shape index (κ1) is 24.3. The molecule has 5 heterocycles. The SMILES string of the molecule is COc1cc(F)cc(-c2ccnc3[nH]c(-c4n[nH]c5ccc(-c6cncc(OC7CCCCC7)c6)nc45)cc23)c1. The van der Waals surface area contributed by atoms with Gasteiger partial charge in [-0.05, 0) is 79.3 Å². The second-order valence-electron chi connectivity index (χ2n) is 10.1. The fourth-order valence-corrected chi connectivity index (χ4v) is 5.49. The van der Waals surface area contributed by atoms with Crippen LogP contribution >= 0.6 is 0 Å². The van der Waals surface area contributed by atoms with Crippen molar-refractivity contribution in [2.45, 2.75) is 38.2 Å². The second kappa shape index (κ2) is 10.1. The predicted octanol–water partition coefficient (Wildman–Crippen LogP) is 7.09. The third-order valence-corrected chi connectivity index (χ3v) is 7.48. The van der Waals surface area contributed by atoms with Crippen LogP contribution in [0.2, 0.25) is 0 Å². The molecule has 7 rings (SSSR count). The Labute approximate surface area is 229 Å². The molecule has 0 spiro atoms. The predicted molar refractivity (Wildman–Crippen MR) is 152 cm³/mol. The zero-order valence-corrected chi connectivity index (χ0v) is 21.9. The van der Waals surface area contributed by atoms with Crippen molar-refractivity contribution in [2.24, 2.45) is 0 Å². The van der Waals surface area contributed by atoms with Crippen LogP contribution in [-0.2, 0) is 0 Å². The standard InChI is InChI=1S/C31H27FN6O2/c1-39-22-12-18(11-20(32)14-22)24-9-10-34-31-25(24)15-28(36-31)30-29-27(37-38-30)8-7-26(35-29)19-13-23(17-33-16-19)40-21-5-3-2-4-6-21/h7-17,21H,2-6H2,1H3,(H,34,36)(H,37,38). The summed E-state index contributed by atoms with van der Waals surface area (Å²) in [5, 5.41) is 8.49. The molecule has 1 saturated carbocycles. The number of benzene rings is 1. The van der Waals surface area contributed by atoms with Gasteiger partial charge in [-0.3, -0.25) is 10.1 Å². The lowest BCUT2D eigenvalue weighted by Crippen LogP contribution is -2.19. The van der Waals surface area contributed by atoms with Crippen LogP contribution < -0.4 is 9.47 Å². The van der Waals surface area contributed by atoms with E-state index in [-0.39, 0.29) is 11.9 Å². The third kappa shape index (κ3) is 4.53. The van der Waals surface area contributed by atoms with Crippen molar-refractivity contribution in [3.05, 3.63) is 72.9 Å². The highest BCUT2D eigenvalue weighted by atomic mass is 19.1. The van der Waals surface area contributed by atoms with Gasteiger partial charge in [0, 0.05) is 29.4 Å². The highest BCUT2D eigenvalue weighted by molar-refractivity contribution is 5.99. The molecule has 1 aliphatic rings. The molecule has 0 amide bonds. The molecule has 1 fully saturated rings. The Morgan fingerprint density at radius 1 is 0.925 bits per heavy atom. The van der Waals surface area contributed by atoms with E-state index in [1.807, 2.05) is 36.4 Å². The highest BCUT2D eigenvalue weighted by Gasteiger charge is 2.18. The molecule has 6 aromatic rings. The Morgan fingerprint density at radius 2 is 1.80 bits per heavy atom. The fraction of sp³-hybridized carbons (Fsp3) is 0.226. The van der Waals surface area contributed by atoms with E-state index in [1.165, 1.54) is 38.5 Å². The Morgan fingerprint density at radius 3 is 2.67 bits per heavy atom. The molecule has 9 heteroatoms. The van der Waals surface area contributed by atoms with E-state index in [2.05, 4.69) is 25.1 Å². The highest BCUT2D eigenvalue weighted by Crippen LogP contribution is 2.35. The first-order chi connectivity index (χ1) is 19.6. The molecule has 200 valence electrons. The largest absolute Gasteiger partial charge is 0.497 e. The van der Waals surface area contributed by atoms with Crippen molar-refractivity contribution >= 4 is 22.1 Å². The lowest BCUT2D eigenvalue weighted by Gasteiger charge is -2.22. The molecule has 0 radical (unpaired) electrons. The van der Waals surface area contributed by atoms with Crippen LogP contribution in [0.25, 0.3) is 55.8 Å². The van der Waals surface area contributed by atoms with Crippen molar-refractivity contribution in [3.8, 4) is 45.3 Å². The summed E-state index contributed by atoms with van der Waals surface area (Å²) in [6.07, 6.45) is 11.4. The second-order valence-corrected chi connectivity index (χ2v) is 10.1. The van der Waals surface area contributed by atoms with Crippen molar-refractivity contribution in [1.82, 2.24) is 30.1 Å². The Balaban J connectivity index is 1.26.